The Morgan fingerprint density at radius 2 is 1.77 bits per heavy atom. The van der Waals surface area contributed by atoms with Crippen molar-refractivity contribution in [1.82, 2.24) is 10.6 Å². The van der Waals surface area contributed by atoms with Crippen LogP contribution in [0.2, 0.25) is 0 Å². The quantitative estimate of drug-likeness (QED) is 0.624. The second-order valence-electron chi connectivity index (χ2n) is 7.91. The monoisotopic (exact) mass is 360 g/mol. The molecule has 0 aliphatic rings. The topological polar surface area (TPSA) is 78.4 Å². The number of carbonyl (C=O) groups is 2. The van der Waals surface area contributed by atoms with Crippen LogP contribution in [0.15, 0.2) is 30.3 Å². The number of benzene rings is 1. The van der Waals surface area contributed by atoms with Gasteiger partial charge < -0.3 is 15.7 Å². The molecule has 0 aromatic heterocycles. The third-order valence-corrected chi connectivity index (χ3v) is 3.95. The summed E-state index contributed by atoms with van der Waals surface area (Å²) in [6.45, 7) is 10.5. The van der Waals surface area contributed by atoms with E-state index in [2.05, 4.69) is 43.5 Å². The smallest absolute Gasteiger partial charge is 0.244 e. The van der Waals surface area contributed by atoms with Gasteiger partial charge in [0.15, 0.2) is 0 Å². The van der Waals surface area contributed by atoms with E-state index in [9.17, 15) is 9.59 Å². The van der Waals surface area contributed by atoms with E-state index in [0.29, 0.717) is 6.42 Å². The second-order valence-corrected chi connectivity index (χ2v) is 7.91. The first-order valence-electron chi connectivity index (χ1n) is 9.11. The van der Waals surface area contributed by atoms with E-state index in [4.69, 9.17) is 5.11 Å². The van der Waals surface area contributed by atoms with Crippen LogP contribution in [0.3, 0.4) is 0 Å². The number of carbonyl (C=O) groups excluding carboxylic acids is 2. The zero-order chi connectivity index (χ0) is 19.7. The van der Waals surface area contributed by atoms with Gasteiger partial charge in [0.25, 0.3) is 0 Å². The number of rotatable bonds is 8. The van der Waals surface area contributed by atoms with Crippen LogP contribution in [0.25, 0.3) is 6.08 Å². The van der Waals surface area contributed by atoms with Crippen LogP contribution in [0.1, 0.15) is 52.2 Å². The second kappa shape index (κ2) is 10.1. The van der Waals surface area contributed by atoms with Gasteiger partial charge in [-0.3, -0.25) is 9.59 Å². The fourth-order valence-corrected chi connectivity index (χ4v) is 2.49. The molecule has 3 N–H and O–H groups in total. The summed E-state index contributed by atoms with van der Waals surface area (Å²) < 4.78 is 0. The van der Waals surface area contributed by atoms with E-state index in [-0.39, 0.29) is 36.3 Å². The highest BCUT2D eigenvalue weighted by molar-refractivity contribution is 5.95. The zero-order valence-corrected chi connectivity index (χ0v) is 16.5. The van der Waals surface area contributed by atoms with Crippen LogP contribution in [0, 0.1) is 5.92 Å². The number of amides is 2. The van der Waals surface area contributed by atoms with E-state index in [1.165, 1.54) is 11.6 Å². The number of aliphatic hydroxyl groups excluding tert-OH is 1. The highest BCUT2D eigenvalue weighted by Crippen LogP contribution is 2.22. The molecule has 0 spiro atoms. The predicted molar refractivity (Wildman–Crippen MR) is 106 cm³/mol. The Kier molecular flexibility index (Phi) is 8.52. The van der Waals surface area contributed by atoms with Gasteiger partial charge in [-0.05, 0) is 35.0 Å². The van der Waals surface area contributed by atoms with Crippen LogP contribution in [0.4, 0.5) is 0 Å². The molecular formula is C21H32N2O3. The molecule has 2 amide bonds. The summed E-state index contributed by atoms with van der Waals surface area (Å²) >= 11 is 0. The Hall–Kier alpha value is -2.14. The third kappa shape index (κ3) is 7.83. The van der Waals surface area contributed by atoms with Crippen LogP contribution < -0.4 is 10.6 Å². The van der Waals surface area contributed by atoms with Crippen molar-refractivity contribution in [3.63, 3.8) is 0 Å². The van der Waals surface area contributed by atoms with Crippen LogP contribution in [0.5, 0.6) is 0 Å². The Bertz CT molecular complexity index is 613. The molecule has 0 saturated heterocycles. The van der Waals surface area contributed by atoms with Gasteiger partial charge in [-0.2, -0.15) is 0 Å². The van der Waals surface area contributed by atoms with Crippen LogP contribution in [-0.4, -0.2) is 36.1 Å². The molecule has 0 saturated carbocycles. The molecule has 1 aromatic carbocycles. The molecule has 1 aromatic rings. The number of hydrogen-bond donors (Lipinski definition) is 3. The van der Waals surface area contributed by atoms with Gasteiger partial charge in [0.2, 0.25) is 11.8 Å². The minimum atomic E-state index is -0.609. The number of hydrogen-bond acceptors (Lipinski definition) is 3. The average Bonchev–Trinajstić information content (AvgIpc) is 2.56. The molecule has 0 fully saturated rings. The largest absolute Gasteiger partial charge is 0.395 e. The van der Waals surface area contributed by atoms with E-state index < -0.39 is 6.04 Å². The molecule has 1 atom stereocenters. The molecular weight excluding hydrogens is 328 g/mol. The Morgan fingerprint density at radius 3 is 2.27 bits per heavy atom. The molecule has 1 rings (SSSR count). The van der Waals surface area contributed by atoms with Gasteiger partial charge in [-0.1, -0.05) is 58.9 Å². The fourth-order valence-electron chi connectivity index (χ4n) is 2.49. The van der Waals surface area contributed by atoms with Gasteiger partial charge in [-0.15, -0.1) is 0 Å². The molecule has 5 nitrogen and oxygen atoms in total. The zero-order valence-electron chi connectivity index (χ0n) is 16.5. The first kappa shape index (κ1) is 21.9. The molecule has 0 unspecified atom stereocenters. The Labute approximate surface area is 156 Å². The number of aliphatic hydroxyl groups is 1. The molecule has 0 radical (unpaired) electrons. The molecule has 144 valence electrons. The lowest BCUT2D eigenvalue weighted by atomic mass is 9.87. The standard InChI is InChI=1S/C21H32N2O3/c1-15(2)14-18(20(26)22-12-13-24)23-19(25)11-8-16-6-9-17(10-7-16)21(3,4)5/h6-11,15,18,24H,12-14H2,1-5H3,(H,22,26)(H,23,25)/b11-8+/t18-/m0/s1. The first-order valence-corrected chi connectivity index (χ1v) is 9.11. The normalized spacial score (nSPS) is 13.0. The van der Waals surface area contributed by atoms with E-state index in [1.54, 1.807) is 6.08 Å². The maximum absolute atomic E-state index is 12.2. The van der Waals surface area contributed by atoms with Gasteiger partial charge in [0, 0.05) is 12.6 Å². The highest BCUT2D eigenvalue weighted by atomic mass is 16.3. The summed E-state index contributed by atoms with van der Waals surface area (Å²) in [4.78, 5) is 24.3. The van der Waals surface area contributed by atoms with E-state index >= 15 is 0 Å². The molecule has 0 bridgehead atoms. The Balaban J connectivity index is 2.71. The minimum Gasteiger partial charge on any atom is -0.395 e. The number of nitrogens with one attached hydrogen (secondary N) is 2. The Morgan fingerprint density at radius 1 is 1.15 bits per heavy atom. The van der Waals surface area contributed by atoms with Crippen molar-refractivity contribution in [2.24, 2.45) is 5.92 Å². The lowest BCUT2D eigenvalue weighted by Crippen LogP contribution is -2.47. The summed E-state index contributed by atoms with van der Waals surface area (Å²) in [5.74, 6) is -0.326. The molecule has 5 heteroatoms. The summed E-state index contributed by atoms with van der Waals surface area (Å²) in [5, 5.41) is 14.2. The molecule has 0 aliphatic carbocycles. The van der Waals surface area contributed by atoms with Crippen molar-refractivity contribution in [1.29, 1.82) is 0 Å². The van der Waals surface area contributed by atoms with Gasteiger partial charge in [0.05, 0.1) is 6.61 Å². The van der Waals surface area contributed by atoms with Crippen molar-refractivity contribution in [2.45, 2.75) is 52.5 Å². The lowest BCUT2D eigenvalue weighted by molar-refractivity contribution is -0.127. The SMILES string of the molecule is CC(C)C[C@H](NC(=O)/C=C/c1ccc(C(C)(C)C)cc1)C(=O)NCCO. The average molecular weight is 360 g/mol. The third-order valence-electron chi connectivity index (χ3n) is 3.95. The van der Waals surface area contributed by atoms with Crippen molar-refractivity contribution in [3.05, 3.63) is 41.5 Å². The summed E-state index contributed by atoms with van der Waals surface area (Å²) in [5.41, 5.74) is 2.25. The van der Waals surface area contributed by atoms with Crippen molar-refractivity contribution < 1.29 is 14.7 Å². The van der Waals surface area contributed by atoms with E-state index in [1.807, 2.05) is 26.0 Å². The summed E-state index contributed by atoms with van der Waals surface area (Å²) in [6.07, 6.45) is 3.72. The summed E-state index contributed by atoms with van der Waals surface area (Å²) in [7, 11) is 0. The maximum atomic E-state index is 12.2. The predicted octanol–water partition coefficient (Wildman–Crippen LogP) is 2.64. The highest BCUT2D eigenvalue weighted by Gasteiger charge is 2.20. The fraction of sp³-hybridized carbons (Fsp3) is 0.524. The van der Waals surface area contributed by atoms with Crippen LogP contribution in [-0.2, 0) is 15.0 Å². The maximum Gasteiger partial charge on any atom is 0.244 e. The van der Waals surface area contributed by atoms with Crippen LogP contribution >= 0.6 is 0 Å². The summed E-state index contributed by atoms with van der Waals surface area (Å²) in [6, 6.07) is 7.46. The molecule has 0 aliphatic heterocycles. The molecule has 26 heavy (non-hydrogen) atoms. The lowest BCUT2D eigenvalue weighted by Gasteiger charge is -2.19. The van der Waals surface area contributed by atoms with Gasteiger partial charge in [-0.25, -0.2) is 0 Å². The van der Waals surface area contributed by atoms with E-state index in [0.717, 1.165) is 5.56 Å². The van der Waals surface area contributed by atoms with Gasteiger partial charge in [0.1, 0.15) is 6.04 Å². The van der Waals surface area contributed by atoms with Gasteiger partial charge >= 0.3 is 0 Å². The van der Waals surface area contributed by atoms with Crippen molar-refractivity contribution in [3.8, 4) is 0 Å². The first-order chi connectivity index (χ1) is 12.1. The van der Waals surface area contributed by atoms with Crippen molar-refractivity contribution >= 4 is 17.9 Å². The van der Waals surface area contributed by atoms with Crippen molar-refractivity contribution in [2.75, 3.05) is 13.2 Å². The minimum absolute atomic E-state index is 0.0889. The molecule has 0 heterocycles.